The van der Waals surface area contributed by atoms with Crippen LogP contribution in [0.15, 0.2) is 47.4 Å². The lowest BCUT2D eigenvalue weighted by Gasteiger charge is -2.20. The fourth-order valence-corrected chi connectivity index (χ4v) is 5.12. The van der Waals surface area contributed by atoms with Crippen molar-refractivity contribution in [1.82, 2.24) is 9.97 Å². The van der Waals surface area contributed by atoms with Crippen molar-refractivity contribution in [3.63, 3.8) is 0 Å². The van der Waals surface area contributed by atoms with Crippen LogP contribution >= 0.6 is 0 Å². The third kappa shape index (κ3) is 8.00. The summed E-state index contributed by atoms with van der Waals surface area (Å²) in [6.07, 6.45) is 0.802. The molecule has 0 spiro atoms. The van der Waals surface area contributed by atoms with Gasteiger partial charge >= 0.3 is 5.97 Å². The SMILES string of the molecule is Cc1cccc(CC(C)C)c1-c1nc(NS(=O)(=O)c2cccc(C(=O)O)c2)nc(OC[C@H](N)COC(C)C)c1C. The number of hydrogen-bond acceptors (Lipinski definition) is 8. The number of nitrogens with one attached hydrogen (secondary N) is 1. The fraction of sp³-hybridized carbons (Fsp3) is 0.414. The lowest BCUT2D eigenvalue weighted by atomic mass is 9.91. The van der Waals surface area contributed by atoms with Gasteiger partial charge in [0.2, 0.25) is 11.8 Å². The molecule has 0 radical (unpaired) electrons. The molecule has 0 bridgehead atoms. The summed E-state index contributed by atoms with van der Waals surface area (Å²) in [6, 6.07) is 10.6. The van der Waals surface area contributed by atoms with Gasteiger partial charge in [0.25, 0.3) is 10.0 Å². The normalized spacial score (nSPS) is 12.5. The van der Waals surface area contributed by atoms with Crippen molar-refractivity contribution < 1.29 is 27.8 Å². The number of carboxylic acids is 1. The zero-order valence-corrected chi connectivity index (χ0v) is 24.6. The molecule has 0 aliphatic carbocycles. The molecule has 0 saturated carbocycles. The van der Waals surface area contributed by atoms with E-state index < -0.39 is 22.0 Å². The molecule has 0 aliphatic rings. The first-order chi connectivity index (χ1) is 18.8. The Morgan fingerprint density at radius 2 is 1.75 bits per heavy atom. The number of ether oxygens (including phenoxy) is 2. The van der Waals surface area contributed by atoms with Gasteiger partial charge < -0.3 is 20.3 Å². The zero-order valence-electron chi connectivity index (χ0n) is 23.8. The highest BCUT2D eigenvalue weighted by molar-refractivity contribution is 7.92. The maximum atomic E-state index is 13.3. The second-order valence-corrected chi connectivity index (χ2v) is 12.1. The number of hydrogen-bond donors (Lipinski definition) is 3. The van der Waals surface area contributed by atoms with Crippen molar-refractivity contribution in [2.24, 2.45) is 11.7 Å². The summed E-state index contributed by atoms with van der Waals surface area (Å²) in [5.41, 5.74) is 10.1. The van der Waals surface area contributed by atoms with Crippen LogP contribution in [0.4, 0.5) is 5.95 Å². The first-order valence-electron chi connectivity index (χ1n) is 13.1. The van der Waals surface area contributed by atoms with Gasteiger partial charge in [0.1, 0.15) is 6.61 Å². The predicted octanol–water partition coefficient (Wildman–Crippen LogP) is 4.59. The van der Waals surface area contributed by atoms with Crippen LogP contribution in [0.1, 0.15) is 54.7 Å². The molecule has 0 amide bonds. The van der Waals surface area contributed by atoms with Gasteiger partial charge in [0, 0.05) is 11.1 Å². The molecule has 0 fully saturated rings. The van der Waals surface area contributed by atoms with E-state index in [1.807, 2.05) is 45.9 Å². The van der Waals surface area contributed by atoms with E-state index in [4.69, 9.17) is 15.2 Å². The highest BCUT2D eigenvalue weighted by Gasteiger charge is 2.23. The Morgan fingerprint density at radius 1 is 1.05 bits per heavy atom. The minimum absolute atomic E-state index is 0.0134. The van der Waals surface area contributed by atoms with Crippen molar-refractivity contribution >= 4 is 21.9 Å². The molecule has 1 heterocycles. The Balaban J connectivity index is 2.10. The lowest BCUT2D eigenvalue weighted by Crippen LogP contribution is -2.34. The second kappa shape index (κ2) is 13.2. The van der Waals surface area contributed by atoms with Gasteiger partial charge in [-0.1, -0.05) is 38.1 Å². The second-order valence-electron chi connectivity index (χ2n) is 10.4. The van der Waals surface area contributed by atoms with E-state index in [1.54, 1.807) is 0 Å². The number of aryl methyl sites for hydroxylation is 1. The van der Waals surface area contributed by atoms with Crippen molar-refractivity contribution in [3.05, 3.63) is 64.7 Å². The van der Waals surface area contributed by atoms with Crippen LogP contribution in [0, 0.1) is 19.8 Å². The van der Waals surface area contributed by atoms with Gasteiger partial charge in [-0.25, -0.2) is 22.9 Å². The molecule has 3 rings (SSSR count). The molecule has 0 unspecified atom stereocenters. The largest absolute Gasteiger partial charge is 0.478 e. The fourth-order valence-electron chi connectivity index (χ4n) is 4.13. The number of benzene rings is 2. The summed E-state index contributed by atoms with van der Waals surface area (Å²) in [6.45, 7) is 12.2. The molecule has 1 aromatic heterocycles. The summed E-state index contributed by atoms with van der Waals surface area (Å²) in [4.78, 5) is 20.2. The number of rotatable bonds is 13. The number of nitrogens with zero attached hydrogens (tertiary/aromatic N) is 2. The third-order valence-corrected chi connectivity index (χ3v) is 7.35. The van der Waals surface area contributed by atoms with Gasteiger partial charge in [-0.15, -0.1) is 0 Å². The molecular formula is C29H38N4O6S. The Hall–Kier alpha value is -3.54. The maximum absolute atomic E-state index is 13.3. The summed E-state index contributed by atoms with van der Waals surface area (Å²) in [5, 5.41) is 9.31. The van der Waals surface area contributed by atoms with Crippen molar-refractivity contribution in [2.45, 2.75) is 65.0 Å². The monoisotopic (exact) mass is 570 g/mol. The number of carboxylic acid groups (broad SMARTS) is 1. The minimum atomic E-state index is -4.23. The van der Waals surface area contributed by atoms with Crippen molar-refractivity contribution in [3.8, 4) is 17.1 Å². The molecule has 2 aromatic carbocycles. The Morgan fingerprint density at radius 3 is 2.40 bits per heavy atom. The average molecular weight is 571 g/mol. The molecule has 4 N–H and O–H groups in total. The maximum Gasteiger partial charge on any atom is 0.335 e. The van der Waals surface area contributed by atoms with Crippen LogP contribution < -0.4 is 15.2 Å². The number of nitrogens with two attached hydrogens (primary N) is 1. The van der Waals surface area contributed by atoms with E-state index in [0.717, 1.165) is 29.2 Å². The van der Waals surface area contributed by atoms with E-state index in [-0.39, 0.29) is 41.6 Å². The molecule has 216 valence electrons. The highest BCUT2D eigenvalue weighted by Crippen LogP contribution is 2.34. The van der Waals surface area contributed by atoms with Crippen LogP contribution in [-0.2, 0) is 21.2 Å². The molecule has 11 heteroatoms. The van der Waals surface area contributed by atoms with Crippen LogP contribution in [0.25, 0.3) is 11.3 Å². The average Bonchev–Trinajstić information content (AvgIpc) is 2.87. The quantitative estimate of drug-likeness (QED) is 0.268. The van der Waals surface area contributed by atoms with Gasteiger partial charge in [0.05, 0.1) is 34.9 Å². The molecule has 40 heavy (non-hydrogen) atoms. The summed E-state index contributed by atoms with van der Waals surface area (Å²) in [7, 11) is -4.23. The highest BCUT2D eigenvalue weighted by atomic mass is 32.2. The molecule has 0 saturated heterocycles. The summed E-state index contributed by atoms with van der Waals surface area (Å²) < 4.78 is 40.5. The van der Waals surface area contributed by atoms with Crippen LogP contribution in [0.3, 0.4) is 0 Å². The number of sulfonamides is 1. The predicted molar refractivity (Wildman–Crippen MR) is 154 cm³/mol. The van der Waals surface area contributed by atoms with Gasteiger partial charge in [-0.3, -0.25) is 0 Å². The standard InChI is InChI=1S/C29H38N4O6S/c1-17(2)13-21-10-7-9-19(5)25(21)26-20(6)27(39-16-23(30)15-38-18(3)4)32-29(31-26)33-40(36,37)24-12-8-11-22(14-24)28(34)35/h7-12,14,17-18,23H,13,15-16,30H2,1-6H3,(H,34,35)(H,31,32,33)/t23-/m1/s1. The molecule has 0 aliphatic heterocycles. The van der Waals surface area contributed by atoms with Crippen molar-refractivity contribution in [1.29, 1.82) is 0 Å². The van der Waals surface area contributed by atoms with Gasteiger partial charge in [-0.2, -0.15) is 4.98 Å². The lowest BCUT2D eigenvalue weighted by molar-refractivity contribution is 0.0582. The molecule has 10 nitrogen and oxygen atoms in total. The number of aromatic carboxylic acids is 1. The molecule has 1 atom stereocenters. The Labute approximate surface area is 236 Å². The summed E-state index contributed by atoms with van der Waals surface area (Å²) in [5.74, 6) is -0.892. The van der Waals surface area contributed by atoms with E-state index >= 15 is 0 Å². The Bertz CT molecular complexity index is 1460. The van der Waals surface area contributed by atoms with E-state index in [9.17, 15) is 18.3 Å². The number of carbonyl (C=O) groups is 1. The number of anilines is 1. The van der Waals surface area contributed by atoms with Crippen LogP contribution in [0.2, 0.25) is 0 Å². The first-order valence-corrected chi connectivity index (χ1v) is 14.6. The van der Waals surface area contributed by atoms with E-state index in [2.05, 4.69) is 28.5 Å². The number of aromatic nitrogens is 2. The van der Waals surface area contributed by atoms with E-state index in [0.29, 0.717) is 17.2 Å². The third-order valence-electron chi connectivity index (χ3n) is 6.02. The van der Waals surface area contributed by atoms with Crippen molar-refractivity contribution in [2.75, 3.05) is 17.9 Å². The van der Waals surface area contributed by atoms with E-state index in [1.165, 1.54) is 18.2 Å². The van der Waals surface area contributed by atoms with Crippen LogP contribution in [-0.4, -0.2) is 54.8 Å². The van der Waals surface area contributed by atoms with Crippen LogP contribution in [0.5, 0.6) is 5.88 Å². The molecule has 3 aromatic rings. The smallest absolute Gasteiger partial charge is 0.335 e. The topological polar surface area (TPSA) is 154 Å². The van der Waals surface area contributed by atoms with Gasteiger partial charge in [-0.05, 0) is 69.4 Å². The van der Waals surface area contributed by atoms with Gasteiger partial charge in [0.15, 0.2) is 0 Å². The zero-order chi connectivity index (χ0) is 29.6. The first kappa shape index (κ1) is 31.0. The Kier molecular flexibility index (Phi) is 10.2. The summed E-state index contributed by atoms with van der Waals surface area (Å²) >= 11 is 0. The minimum Gasteiger partial charge on any atom is -0.478 e. The molecular weight excluding hydrogens is 532 g/mol.